The van der Waals surface area contributed by atoms with Gasteiger partial charge in [-0.2, -0.15) is 0 Å². The molecule has 0 aliphatic carbocycles. The Labute approximate surface area is 197 Å². The molecule has 2 aliphatic rings. The highest BCUT2D eigenvalue weighted by Crippen LogP contribution is 2.25. The van der Waals surface area contributed by atoms with Crippen LogP contribution in [0.3, 0.4) is 0 Å². The average Bonchev–Trinajstić information content (AvgIpc) is 3.12. The minimum atomic E-state index is -0.358. The Morgan fingerprint density at radius 1 is 1.15 bits per heavy atom. The van der Waals surface area contributed by atoms with Crippen LogP contribution in [0.4, 0.5) is 0 Å². The van der Waals surface area contributed by atoms with Crippen molar-refractivity contribution < 1.29 is 34.1 Å². The van der Waals surface area contributed by atoms with Gasteiger partial charge < -0.3 is 30.2 Å². The van der Waals surface area contributed by atoms with Crippen LogP contribution in [0.1, 0.15) is 40.9 Å². The SMILES string of the molecule is Cc1cc(C)c(C(=O)NC[C@@H]2CC[C@H](CC(=O)N3CCOCC3)N2C)c(=O)[nH]1.O=CO.O=CO. The number of nitrogens with one attached hydrogen (secondary N) is 2. The highest BCUT2D eigenvalue weighted by molar-refractivity contribution is 5.95. The van der Waals surface area contributed by atoms with Crippen LogP contribution in [-0.2, 0) is 19.1 Å². The number of hydrogen-bond acceptors (Lipinski definition) is 7. The molecule has 1 aromatic heterocycles. The summed E-state index contributed by atoms with van der Waals surface area (Å²) in [6.07, 6.45) is 2.34. The van der Waals surface area contributed by atoms with E-state index in [0.29, 0.717) is 44.8 Å². The number of carboxylic acid groups (broad SMARTS) is 2. The van der Waals surface area contributed by atoms with Gasteiger partial charge in [0.05, 0.1) is 13.2 Å². The molecule has 4 N–H and O–H groups in total. The molecule has 0 bridgehead atoms. The lowest BCUT2D eigenvalue weighted by Gasteiger charge is -2.30. The van der Waals surface area contributed by atoms with E-state index >= 15 is 0 Å². The lowest BCUT2D eigenvalue weighted by molar-refractivity contribution is -0.136. The smallest absolute Gasteiger partial charge is 0.290 e. The summed E-state index contributed by atoms with van der Waals surface area (Å²) in [6, 6.07) is 2.14. The molecule has 34 heavy (non-hydrogen) atoms. The predicted octanol–water partition coefficient (Wildman–Crippen LogP) is -0.165. The van der Waals surface area contributed by atoms with Crippen molar-refractivity contribution in [1.82, 2.24) is 20.1 Å². The van der Waals surface area contributed by atoms with E-state index in [9.17, 15) is 14.4 Å². The predicted molar refractivity (Wildman–Crippen MR) is 123 cm³/mol. The van der Waals surface area contributed by atoms with Gasteiger partial charge in [0.1, 0.15) is 5.56 Å². The molecule has 1 aromatic rings. The summed E-state index contributed by atoms with van der Waals surface area (Å²) in [4.78, 5) is 60.6. The van der Waals surface area contributed by atoms with Gasteiger partial charge in [-0.05, 0) is 45.4 Å². The zero-order valence-corrected chi connectivity index (χ0v) is 19.8. The van der Waals surface area contributed by atoms with Crippen molar-refractivity contribution >= 4 is 24.8 Å². The van der Waals surface area contributed by atoms with Gasteiger partial charge in [-0.3, -0.25) is 28.9 Å². The van der Waals surface area contributed by atoms with Gasteiger partial charge in [0.25, 0.3) is 24.4 Å². The van der Waals surface area contributed by atoms with Crippen LogP contribution in [0, 0.1) is 13.8 Å². The van der Waals surface area contributed by atoms with Crippen LogP contribution >= 0.6 is 0 Å². The lowest BCUT2D eigenvalue weighted by atomic mass is 10.1. The maximum Gasteiger partial charge on any atom is 0.290 e. The Hall–Kier alpha value is -3.25. The fraction of sp³-hybridized carbons (Fsp3) is 0.591. The van der Waals surface area contributed by atoms with Crippen molar-refractivity contribution in [1.29, 1.82) is 0 Å². The summed E-state index contributed by atoms with van der Waals surface area (Å²) in [7, 11) is 2.00. The minimum Gasteiger partial charge on any atom is -0.483 e. The van der Waals surface area contributed by atoms with E-state index in [1.165, 1.54) is 0 Å². The molecule has 2 fully saturated rings. The Morgan fingerprint density at radius 2 is 1.71 bits per heavy atom. The van der Waals surface area contributed by atoms with Crippen molar-refractivity contribution in [2.24, 2.45) is 0 Å². The number of rotatable bonds is 5. The second-order valence-electron chi connectivity index (χ2n) is 8.01. The molecule has 0 saturated carbocycles. The molecular weight excluding hydrogens is 448 g/mol. The number of morpholine rings is 1. The first-order valence-electron chi connectivity index (χ1n) is 10.9. The molecule has 2 atom stereocenters. The number of aromatic nitrogens is 1. The monoisotopic (exact) mass is 482 g/mol. The zero-order chi connectivity index (χ0) is 25.7. The highest BCUT2D eigenvalue weighted by Gasteiger charge is 2.33. The van der Waals surface area contributed by atoms with Crippen molar-refractivity contribution in [3.05, 3.63) is 33.2 Å². The molecule has 0 unspecified atom stereocenters. The minimum absolute atomic E-state index is 0.163. The van der Waals surface area contributed by atoms with Crippen LogP contribution in [0.5, 0.6) is 0 Å². The average molecular weight is 483 g/mol. The summed E-state index contributed by atoms with van der Waals surface area (Å²) in [5.74, 6) is -0.174. The molecule has 2 amide bonds. The number of hydrogen-bond donors (Lipinski definition) is 4. The topological polar surface area (TPSA) is 169 Å². The number of pyridine rings is 1. The third-order valence-electron chi connectivity index (χ3n) is 5.85. The van der Waals surface area contributed by atoms with Crippen molar-refractivity contribution in [3.63, 3.8) is 0 Å². The maximum absolute atomic E-state index is 12.5. The zero-order valence-electron chi connectivity index (χ0n) is 19.8. The summed E-state index contributed by atoms with van der Waals surface area (Å²) in [5, 5.41) is 16.7. The molecule has 190 valence electrons. The molecule has 3 heterocycles. The second kappa shape index (κ2) is 14.8. The van der Waals surface area contributed by atoms with Gasteiger partial charge in [0.2, 0.25) is 5.91 Å². The van der Waals surface area contributed by atoms with Crippen molar-refractivity contribution in [2.75, 3.05) is 39.9 Å². The summed E-state index contributed by atoms with van der Waals surface area (Å²) >= 11 is 0. The van der Waals surface area contributed by atoms with Crippen molar-refractivity contribution in [2.45, 2.75) is 45.2 Å². The van der Waals surface area contributed by atoms with Gasteiger partial charge >= 0.3 is 0 Å². The highest BCUT2D eigenvalue weighted by atomic mass is 16.5. The van der Waals surface area contributed by atoms with E-state index in [0.717, 1.165) is 18.5 Å². The Bertz CT molecular complexity index is 876. The van der Waals surface area contributed by atoms with Gasteiger partial charge in [-0.15, -0.1) is 0 Å². The summed E-state index contributed by atoms with van der Waals surface area (Å²) < 4.78 is 5.30. The third kappa shape index (κ3) is 8.60. The van der Waals surface area contributed by atoms with Gasteiger partial charge in [0.15, 0.2) is 0 Å². The molecule has 2 aliphatic heterocycles. The molecule has 0 radical (unpaired) electrons. The number of amides is 2. The maximum atomic E-state index is 12.5. The standard InChI is InChI=1S/C20H30N4O4.2CH2O2/c1-13-10-14(2)22-20(27)18(13)19(26)21-12-16-5-4-15(23(16)3)11-17(25)24-6-8-28-9-7-24;2*2-1-3/h10,15-16H,4-9,11-12H2,1-3H3,(H,21,26)(H,22,27);2*1H,(H,2,3)/t15-,16+;;/m1../s1. The molecule has 3 rings (SSSR count). The first kappa shape index (κ1) is 28.8. The Balaban J connectivity index is 0.000000872. The van der Waals surface area contributed by atoms with E-state index in [2.05, 4.69) is 15.2 Å². The van der Waals surface area contributed by atoms with Gasteiger partial charge in [0, 0.05) is 43.8 Å². The van der Waals surface area contributed by atoms with Crippen LogP contribution < -0.4 is 10.9 Å². The number of ether oxygens (including phenoxy) is 1. The van der Waals surface area contributed by atoms with E-state index < -0.39 is 0 Å². The summed E-state index contributed by atoms with van der Waals surface area (Å²) in [5.41, 5.74) is 1.23. The molecule has 12 nitrogen and oxygen atoms in total. The lowest BCUT2D eigenvalue weighted by Crippen LogP contribution is -2.45. The quantitative estimate of drug-likeness (QED) is 0.416. The van der Waals surface area contributed by atoms with Gasteiger partial charge in [-0.25, -0.2) is 0 Å². The van der Waals surface area contributed by atoms with E-state index in [-0.39, 0.29) is 48.0 Å². The molecule has 0 aromatic carbocycles. The Morgan fingerprint density at radius 3 is 2.26 bits per heavy atom. The summed E-state index contributed by atoms with van der Waals surface area (Å²) in [6.45, 7) is 6.08. The number of H-pyrrole nitrogens is 1. The normalized spacial score (nSPS) is 19.7. The molecule has 0 spiro atoms. The fourth-order valence-corrected chi connectivity index (χ4v) is 4.16. The molecular formula is C22H34N4O8. The largest absolute Gasteiger partial charge is 0.483 e. The molecule has 2 saturated heterocycles. The first-order chi connectivity index (χ1) is 16.2. The number of aryl methyl sites for hydroxylation is 2. The van der Waals surface area contributed by atoms with Crippen LogP contribution in [0.15, 0.2) is 10.9 Å². The van der Waals surface area contributed by atoms with Crippen LogP contribution in [-0.4, -0.2) is 102 Å². The number of aromatic amines is 1. The van der Waals surface area contributed by atoms with Crippen molar-refractivity contribution in [3.8, 4) is 0 Å². The Kier molecular flexibility index (Phi) is 12.5. The number of nitrogens with zero attached hydrogens (tertiary/aromatic N) is 2. The number of carbonyl (C=O) groups excluding carboxylic acids is 2. The number of likely N-dealkylation sites (tertiary alicyclic amines) is 1. The van der Waals surface area contributed by atoms with Crippen LogP contribution in [0.25, 0.3) is 0 Å². The number of likely N-dealkylation sites (N-methyl/N-ethyl adjacent to an activating group) is 1. The number of carbonyl (C=O) groups is 4. The third-order valence-corrected chi connectivity index (χ3v) is 5.85. The van der Waals surface area contributed by atoms with Crippen LogP contribution in [0.2, 0.25) is 0 Å². The van der Waals surface area contributed by atoms with E-state index in [4.69, 9.17) is 24.5 Å². The fourth-order valence-electron chi connectivity index (χ4n) is 4.16. The van der Waals surface area contributed by atoms with E-state index in [1.54, 1.807) is 19.9 Å². The van der Waals surface area contributed by atoms with Gasteiger partial charge in [-0.1, -0.05) is 0 Å². The molecule has 12 heteroatoms. The second-order valence-corrected chi connectivity index (χ2v) is 8.01. The van der Waals surface area contributed by atoms with E-state index in [1.807, 2.05) is 11.9 Å². The first-order valence-corrected chi connectivity index (χ1v) is 10.9.